The average molecular weight is 345 g/mol. The third kappa shape index (κ3) is 3.19. The number of fused-ring (bicyclic) bond motifs is 1. The van der Waals surface area contributed by atoms with E-state index in [1.54, 1.807) is 12.4 Å². The minimum atomic E-state index is 0.109. The molecule has 4 heteroatoms. The van der Waals surface area contributed by atoms with E-state index < -0.39 is 0 Å². The molecule has 26 heavy (non-hydrogen) atoms. The molecule has 132 valence electrons. The second-order valence-corrected chi connectivity index (χ2v) is 7.46. The smallest absolute Gasteiger partial charge is 0.254 e. The van der Waals surface area contributed by atoms with Gasteiger partial charge in [-0.2, -0.15) is 0 Å². The summed E-state index contributed by atoms with van der Waals surface area (Å²) in [7, 11) is 0. The SMILES string of the molecule is C[C@@H]1C[C@H](C)CN(C(=O)c2cc(-c3ccncc3)nc3ccccc23)C1. The number of hydrogen-bond acceptors (Lipinski definition) is 3. The van der Waals surface area contributed by atoms with Gasteiger partial charge in [0.15, 0.2) is 0 Å². The normalized spacial score (nSPS) is 20.3. The first-order chi connectivity index (χ1) is 12.6. The molecule has 3 heterocycles. The number of rotatable bonds is 2. The van der Waals surface area contributed by atoms with Crippen molar-refractivity contribution in [1.29, 1.82) is 0 Å². The number of aromatic nitrogens is 2. The van der Waals surface area contributed by atoms with Crippen LogP contribution in [0, 0.1) is 11.8 Å². The van der Waals surface area contributed by atoms with Gasteiger partial charge >= 0.3 is 0 Å². The van der Waals surface area contributed by atoms with Crippen LogP contribution in [-0.2, 0) is 0 Å². The van der Waals surface area contributed by atoms with Crippen LogP contribution in [0.5, 0.6) is 0 Å². The standard InChI is InChI=1S/C22H23N3O/c1-15-11-16(2)14-25(13-15)22(26)19-12-21(17-7-9-23-10-8-17)24-20-6-4-3-5-18(19)20/h3-10,12,15-16H,11,13-14H2,1-2H3/t15-,16+. The van der Waals surface area contributed by atoms with Crippen molar-refractivity contribution in [3.63, 3.8) is 0 Å². The van der Waals surface area contributed by atoms with Crippen LogP contribution >= 0.6 is 0 Å². The highest BCUT2D eigenvalue weighted by atomic mass is 16.2. The van der Waals surface area contributed by atoms with Gasteiger partial charge in [0.1, 0.15) is 0 Å². The van der Waals surface area contributed by atoms with Crippen molar-refractivity contribution in [2.24, 2.45) is 11.8 Å². The van der Waals surface area contributed by atoms with Gasteiger partial charge in [-0.1, -0.05) is 32.0 Å². The zero-order valence-corrected chi connectivity index (χ0v) is 15.2. The van der Waals surface area contributed by atoms with Crippen LogP contribution in [0.1, 0.15) is 30.6 Å². The van der Waals surface area contributed by atoms with E-state index in [9.17, 15) is 4.79 Å². The Balaban J connectivity index is 1.81. The minimum Gasteiger partial charge on any atom is -0.338 e. The molecule has 2 atom stereocenters. The fourth-order valence-electron chi connectivity index (χ4n) is 4.02. The van der Waals surface area contributed by atoms with Crippen molar-refractivity contribution in [3.05, 3.63) is 60.4 Å². The third-order valence-corrected chi connectivity index (χ3v) is 5.08. The van der Waals surface area contributed by atoms with Gasteiger partial charge in [0, 0.05) is 36.4 Å². The molecule has 1 saturated heterocycles. The van der Waals surface area contributed by atoms with Crippen LogP contribution < -0.4 is 0 Å². The highest BCUT2D eigenvalue weighted by Crippen LogP contribution is 2.28. The van der Waals surface area contributed by atoms with Gasteiger partial charge in [0.05, 0.1) is 16.8 Å². The molecule has 4 rings (SSSR count). The average Bonchev–Trinajstić information content (AvgIpc) is 2.66. The molecule has 1 aliphatic rings. The number of para-hydroxylation sites is 1. The molecule has 0 N–H and O–H groups in total. The van der Waals surface area contributed by atoms with Gasteiger partial charge in [-0.15, -0.1) is 0 Å². The monoisotopic (exact) mass is 345 g/mol. The van der Waals surface area contributed by atoms with Crippen LogP contribution in [0.3, 0.4) is 0 Å². The summed E-state index contributed by atoms with van der Waals surface area (Å²) in [5.41, 5.74) is 3.37. The number of amides is 1. The lowest BCUT2D eigenvalue weighted by molar-refractivity contribution is 0.0625. The molecular formula is C22H23N3O. The molecule has 2 aromatic heterocycles. The molecule has 1 amide bonds. The summed E-state index contributed by atoms with van der Waals surface area (Å²) in [5.74, 6) is 1.18. The number of likely N-dealkylation sites (tertiary alicyclic amines) is 1. The first-order valence-corrected chi connectivity index (χ1v) is 9.21. The first kappa shape index (κ1) is 16.7. The van der Waals surface area contributed by atoms with Crippen molar-refractivity contribution < 1.29 is 4.79 Å². The van der Waals surface area contributed by atoms with Gasteiger partial charge in [-0.3, -0.25) is 9.78 Å². The Hall–Kier alpha value is -2.75. The van der Waals surface area contributed by atoms with Crippen molar-refractivity contribution >= 4 is 16.8 Å². The maximum absolute atomic E-state index is 13.4. The zero-order chi connectivity index (χ0) is 18.1. The summed E-state index contributed by atoms with van der Waals surface area (Å²) >= 11 is 0. The summed E-state index contributed by atoms with van der Waals surface area (Å²) in [6, 6.07) is 13.7. The number of nitrogens with zero attached hydrogens (tertiary/aromatic N) is 3. The highest BCUT2D eigenvalue weighted by molar-refractivity contribution is 6.07. The van der Waals surface area contributed by atoms with Crippen LogP contribution in [0.15, 0.2) is 54.9 Å². The highest BCUT2D eigenvalue weighted by Gasteiger charge is 2.27. The summed E-state index contributed by atoms with van der Waals surface area (Å²) in [6.07, 6.45) is 4.69. The Morgan fingerprint density at radius 3 is 2.46 bits per heavy atom. The van der Waals surface area contributed by atoms with Gasteiger partial charge in [0.2, 0.25) is 0 Å². The summed E-state index contributed by atoms with van der Waals surface area (Å²) in [5, 5.41) is 0.918. The lowest BCUT2D eigenvalue weighted by atomic mass is 9.91. The predicted molar refractivity (Wildman–Crippen MR) is 104 cm³/mol. The van der Waals surface area contributed by atoms with Crippen molar-refractivity contribution in [2.75, 3.05) is 13.1 Å². The number of benzene rings is 1. The number of hydrogen-bond donors (Lipinski definition) is 0. The van der Waals surface area contributed by atoms with E-state index in [-0.39, 0.29) is 5.91 Å². The molecule has 0 aliphatic carbocycles. The van der Waals surface area contributed by atoms with Crippen molar-refractivity contribution in [3.8, 4) is 11.3 Å². The van der Waals surface area contributed by atoms with Crippen LogP contribution in [0.4, 0.5) is 0 Å². The summed E-state index contributed by atoms with van der Waals surface area (Å²) < 4.78 is 0. The minimum absolute atomic E-state index is 0.109. The van der Waals surface area contributed by atoms with E-state index in [1.807, 2.05) is 47.4 Å². The van der Waals surface area contributed by atoms with E-state index in [4.69, 9.17) is 4.98 Å². The third-order valence-electron chi connectivity index (χ3n) is 5.08. The van der Waals surface area contributed by atoms with Gasteiger partial charge in [-0.25, -0.2) is 4.98 Å². The van der Waals surface area contributed by atoms with Crippen molar-refractivity contribution in [1.82, 2.24) is 14.9 Å². The maximum atomic E-state index is 13.4. The Morgan fingerprint density at radius 1 is 1.04 bits per heavy atom. The zero-order valence-electron chi connectivity index (χ0n) is 15.2. The van der Waals surface area contributed by atoms with Gasteiger partial charge < -0.3 is 4.90 Å². The lowest BCUT2D eigenvalue weighted by Crippen LogP contribution is -2.42. The summed E-state index contributed by atoms with van der Waals surface area (Å²) in [4.78, 5) is 24.2. The van der Waals surface area contributed by atoms with Crippen LogP contribution in [-0.4, -0.2) is 33.9 Å². The largest absolute Gasteiger partial charge is 0.338 e. The molecule has 0 spiro atoms. The van der Waals surface area contributed by atoms with Crippen LogP contribution in [0.25, 0.3) is 22.2 Å². The first-order valence-electron chi connectivity index (χ1n) is 9.21. The predicted octanol–water partition coefficient (Wildman–Crippen LogP) is 4.41. The summed E-state index contributed by atoms with van der Waals surface area (Å²) in [6.45, 7) is 6.10. The Labute approximate surface area is 153 Å². The second-order valence-electron chi connectivity index (χ2n) is 7.46. The van der Waals surface area contributed by atoms with Gasteiger partial charge in [-0.05, 0) is 42.5 Å². The number of piperidine rings is 1. The lowest BCUT2D eigenvalue weighted by Gasteiger charge is -2.35. The van der Waals surface area contributed by atoms with E-state index >= 15 is 0 Å². The fraction of sp³-hybridized carbons (Fsp3) is 0.318. The molecule has 0 radical (unpaired) electrons. The molecular weight excluding hydrogens is 322 g/mol. The van der Waals surface area contributed by atoms with E-state index in [1.165, 1.54) is 6.42 Å². The molecule has 3 aromatic rings. The van der Waals surface area contributed by atoms with E-state index in [0.717, 1.165) is 40.8 Å². The molecule has 0 unspecified atom stereocenters. The van der Waals surface area contributed by atoms with Gasteiger partial charge in [0.25, 0.3) is 5.91 Å². The molecule has 1 aromatic carbocycles. The molecule has 0 bridgehead atoms. The van der Waals surface area contributed by atoms with E-state index in [2.05, 4.69) is 18.8 Å². The number of carbonyl (C=O) groups excluding carboxylic acids is 1. The molecule has 0 saturated carbocycles. The molecule has 4 nitrogen and oxygen atoms in total. The Kier molecular flexibility index (Phi) is 4.41. The van der Waals surface area contributed by atoms with E-state index in [0.29, 0.717) is 11.8 Å². The Bertz CT molecular complexity index is 929. The topological polar surface area (TPSA) is 46.1 Å². The quantitative estimate of drug-likeness (QED) is 0.691. The fourth-order valence-corrected chi connectivity index (χ4v) is 4.02. The number of pyridine rings is 2. The molecule has 1 fully saturated rings. The maximum Gasteiger partial charge on any atom is 0.254 e. The Morgan fingerprint density at radius 2 is 1.73 bits per heavy atom. The number of carbonyl (C=O) groups is 1. The molecule has 1 aliphatic heterocycles. The van der Waals surface area contributed by atoms with Crippen molar-refractivity contribution in [2.45, 2.75) is 20.3 Å². The second kappa shape index (κ2) is 6.87. The van der Waals surface area contributed by atoms with Crippen LogP contribution in [0.2, 0.25) is 0 Å².